The first-order valence-electron chi connectivity index (χ1n) is 23.0. The molecule has 1 aliphatic rings. The van der Waals surface area contributed by atoms with Gasteiger partial charge in [-0.1, -0.05) is 150 Å². The van der Waals surface area contributed by atoms with Gasteiger partial charge in [0.1, 0.15) is 0 Å². The SMILES string of the molecule is CC(C)c1cccc(C(C)C)c1-c1cc(Oc2[c-]c(-n3cc(-c4c(C(C)C)cccc4C(C)C)cn3)ccc2)[c-]c(N2[CH-]N(c3c(C(C)C)cccc3C(C)C)c3ccccc32)c1.[Pt]. The third kappa shape index (κ3) is 9.11. The fourth-order valence-corrected chi connectivity index (χ4v) is 9.23. The minimum atomic E-state index is 0. The molecule has 0 spiro atoms. The van der Waals surface area contributed by atoms with E-state index in [0.29, 0.717) is 47.0 Å². The maximum absolute atomic E-state index is 6.89. The Morgan fingerprint density at radius 3 is 1.44 bits per heavy atom. The van der Waals surface area contributed by atoms with E-state index in [0.717, 1.165) is 33.9 Å². The van der Waals surface area contributed by atoms with Crippen molar-refractivity contribution >= 4 is 22.7 Å². The molecule has 0 saturated carbocycles. The van der Waals surface area contributed by atoms with Crippen LogP contribution < -0.4 is 14.5 Å². The number of para-hydroxylation sites is 3. The third-order valence-corrected chi connectivity index (χ3v) is 12.4. The van der Waals surface area contributed by atoms with Gasteiger partial charge < -0.3 is 14.5 Å². The second kappa shape index (κ2) is 19.4. The van der Waals surface area contributed by atoms with Crippen LogP contribution in [0.4, 0.5) is 22.7 Å². The Morgan fingerprint density at radius 2 is 0.922 bits per heavy atom. The third-order valence-electron chi connectivity index (χ3n) is 12.4. The van der Waals surface area contributed by atoms with Crippen molar-refractivity contribution in [1.82, 2.24) is 9.78 Å². The summed E-state index contributed by atoms with van der Waals surface area (Å²) in [4.78, 5) is 4.67. The Hall–Kier alpha value is -5.38. The molecule has 6 aromatic carbocycles. The molecule has 6 heteroatoms. The summed E-state index contributed by atoms with van der Waals surface area (Å²) in [6.07, 6.45) is 4.10. The average molecular weight is 1030 g/mol. The number of ether oxygens (including phenoxy) is 1. The van der Waals surface area contributed by atoms with Crippen LogP contribution in [0.1, 0.15) is 152 Å². The van der Waals surface area contributed by atoms with Gasteiger partial charge >= 0.3 is 0 Å². The molecule has 0 N–H and O–H groups in total. The number of hydrogen-bond donors (Lipinski definition) is 0. The molecule has 0 aliphatic carbocycles. The monoisotopic (exact) mass is 1030 g/mol. The van der Waals surface area contributed by atoms with E-state index in [-0.39, 0.29) is 21.1 Å². The van der Waals surface area contributed by atoms with Crippen molar-refractivity contribution in [2.75, 3.05) is 9.80 Å². The zero-order valence-electron chi connectivity index (χ0n) is 39.6. The molecule has 1 aromatic heterocycles. The van der Waals surface area contributed by atoms with Gasteiger partial charge in [-0.15, -0.1) is 54.3 Å². The van der Waals surface area contributed by atoms with Crippen LogP contribution in [-0.2, 0) is 21.1 Å². The van der Waals surface area contributed by atoms with E-state index in [2.05, 4.69) is 209 Å². The minimum absolute atomic E-state index is 0. The molecule has 0 bridgehead atoms. The Morgan fingerprint density at radius 1 is 0.469 bits per heavy atom. The van der Waals surface area contributed by atoms with E-state index in [1.165, 1.54) is 50.2 Å². The topological polar surface area (TPSA) is 33.5 Å². The van der Waals surface area contributed by atoms with Crippen LogP contribution in [0.25, 0.3) is 27.9 Å². The molecular weight excluding hydrogens is 964 g/mol. The fraction of sp³-hybridized carbons (Fsp3) is 0.310. The quantitative estimate of drug-likeness (QED) is 0.108. The van der Waals surface area contributed by atoms with Crippen LogP contribution in [0.15, 0.2) is 122 Å². The van der Waals surface area contributed by atoms with E-state index in [1.54, 1.807) is 0 Å². The second-order valence-electron chi connectivity index (χ2n) is 19.0. The number of fused-ring (bicyclic) bond motifs is 1. The number of anilines is 4. The molecule has 1 aliphatic heterocycles. The number of aromatic nitrogens is 2. The van der Waals surface area contributed by atoms with E-state index < -0.39 is 0 Å². The predicted octanol–water partition coefficient (Wildman–Crippen LogP) is 16.7. The van der Waals surface area contributed by atoms with Crippen molar-refractivity contribution < 1.29 is 25.8 Å². The van der Waals surface area contributed by atoms with Crippen molar-refractivity contribution in [3.63, 3.8) is 0 Å². The van der Waals surface area contributed by atoms with Crippen LogP contribution in [0, 0.1) is 18.8 Å². The molecule has 334 valence electrons. The van der Waals surface area contributed by atoms with Crippen molar-refractivity contribution in [2.24, 2.45) is 0 Å². The Balaban J connectivity index is 0.00000612. The average Bonchev–Trinajstić information content (AvgIpc) is 3.91. The van der Waals surface area contributed by atoms with Gasteiger partial charge in [-0.05, 0) is 97.8 Å². The molecular formula is C58H63N4OPt-3. The van der Waals surface area contributed by atoms with Gasteiger partial charge in [-0.25, -0.2) is 0 Å². The molecule has 0 atom stereocenters. The molecule has 7 aromatic rings. The van der Waals surface area contributed by atoms with Crippen molar-refractivity contribution in [2.45, 2.75) is 119 Å². The smallest absolute Gasteiger partial charge is 0.0572 e. The zero-order chi connectivity index (χ0) is 44.7. The first-order chi connectivity index (χ1) is 30.2. The number of nitrogens with zero attached hydrogens (tertiary/aromatic N) is 4. The van der Waals surface area contributed by atoms with Gasteiger partial charge in [-0.3, -0.25) is 4.68 Å². The van der Waals surface area contributed by atoms with E-state index in [1.807, 2.05) is 29.1 Å². The molecule has 0 amide bonds. The maximum atomic E-state index is 6.89. The van der Waals surface area contributed by atoms with Crippen LogP contribution in [0.2, 0.25) is 0 Å². The molecule has 2 heterocycles. The Labute approximate surface area is 397 Å². The summed E-state index contributed by atoms with van der Waals surface area (Å²) in [5.41, 5.74) is 17.8. The first-order valence-corrected chi connectivity index (χ1v) is 23.0. The van der Waals surface area contributed by atoms with E-state index in [4.69, 9.17) is 9.84 Å². The molecule has 0 fully saturated rings. The zero-order valence-corrected chi connectivity index (χ0v) is 41.9. The van der Waals surface area contributed by atoms with Crippen molar-refractivity contribution in [1.29, 1.82) is 0 Å². The van der Waals surface area contributed by atoms with Crippen LogP contribution in [0.3, 0.4) is 0 Å². The molecule has 0 unspecified atom stereocenters. The molecule has 5 nitrogen and oxygen atoms in total. The molecule has 64 heavy (non-hydrogen) atoms. The summed E-state index contributed by atoms with van der Waals surface area (Å²) in [7, 11) is 0. The van der Waals surface area contributed by atoms with Crippen molar-refractivity contribution in [3.05, 3.63) is 174 Å². The maximum Gasteiger partial charge on any atom is 0.0572 e. The minimum Gasteiger partial charge on any atom is -0.509 e. The first kappa shape index (κ1) is 46.6. The summed E-state index contributed by atoms with van der Waals surface area (Å²) in [6.45, 7) is 29.6. The summed E-state index contributed by atoms with van der Waals surface area (Å²) < 4.78 is 8.80. The Bertz CT molecular complexity index is 2660. The summed E-state index contributed by atoms with van der Waals surface area (Å²) >= 11 is 0. The van der Waals surface area contributed by atoms with Crippen LogP contribution in [-0.4, -0.2) is 9.78 Å². The summed E-state index contributed by atoms with van der Waals surface area (Å²) in [5, 5.41) is 4.88. The van der Waals surface area contributed by atoms with Gasteiger partial charge in [0.2, 0.25) is 0 Å². The van der Waals surface area contributed by atoms with Gasteiger partial charge in [0.25, 0.3) is 0 Å². The van der Waals surface area contributed by atoms with Gasteiger partial charge in [0.15, 0.2) is 0 Å². The second-order valence-corrected chi connectivity index (χ2v) is 19.0. The predicted molar refractivity (Wildman–Crippen MR) is 265 cm³/mol. The molecule has 0 radical (unpaired) electrons. The standard InChI is InChI=1S/C58H63N4O.Pt/c1-36(2)48-21-16-22-49(37(3)4)56(48)42-29-45(60-35-61(55-28-14-13-27-54(55)60)58-52(40(9)10)25-18-26-53(58)41(11)12)32-47(30-42)63-46-20-15-19-44(31-46)62-34-43(33-59-62)57-50(38(5)6)23-17-24-51(57)39(7)8;/h13-30,33-41H,1-12H3;/q-3;. The van der Waals surface area contributed by atoms with Gasteiger partial charge in [-0.2, -0.15) is 11.2 Å². The molecule has 0 saturated heterocycles. The normalized spacial score (nSPS) is 12.7. The Kier molecular flexibility index (Phi) is 14.1. The van der Waals surface area contributed by atoms with Gasteiger partial charge in [0, 0.05) is 61.4 Å². The van der Waals surface area contributed by atoms with Crippen molar-refractivity contribution in [3.8, 4) is 39.4 Å². The number of benzene rings is 6. The fourth-order valence-electron chi connectivity index (χ4n) is 9.23. The summed E-state index contributed by atoms with van der Waals surface area (Å²) in [6, 6.07) is 46.7. The van der Waals surface area contributed by atoms with Crippen LogP contribution in [0.5, 0.6) is 11.5 Å². The number of rotatable bonds is 13. The largest absolute Gasteiger partial charge is 0.509 e. The molecule has 8 rings (SSSR count). The van der Waals surface area contributed by atoms with Gasteiger partial charge in [0.05, 0.1) is 6.20 Å². The van der Waals surface area contributed by atoms with E-state index >= 15 is 0 Å². The van der Waals surface area contributed by atoms with Crippen LogP contribution >= 0.6 is 0 Å². The number of hydrogen-bond acceptors (Lipinski definition) is 4. The summed E-state index contributed by atoms with van der Waals surface area (Å²) in [5.74, 6) is 3.31. The van der Waals surface area contributed by atoms with E-state index in [9.17, 15) is 0 Å².